The van der Waals surface area contributed by atoms with Crippen LogP contribution in [-0.4, -0.2) is 36.3 Å². The summed E-state index contributed by atoms with van der Waals surface area (Å²) >= 11 is 1.62. The quantitative estimate of drug-likeness (QED) is 0.904. The van der Waals surface area contributed by atoms with Crippen LogP contribution in [0, 0.1) is 6.92 Å². The monoisotopic (exact) mass is 346 g/mol. The van der Waals surface area contributed by atoms with Crippen LogP contribution in [0.1, 0.15) is 34.3 Å². The van der Waals surface area contributed by atoms with E-state index in [1.165, 1.54) is 4.88 Å². The average molecular weight is 346 g/mol. The zero-order chi connectivity index (χ0) is 16.9. The Morgan fingerprint density at radius 3 is 3.08 bits per heavy atom. The van der Waals surface area contributed by atoms with E-state index in [-0.39, 0.29) is 18.1 Å². The Morgan fingerprint density at radius 1 is 1.50 bits per heavy atom. The third-order valence-electron chi connectivity index (χ3n) is 4.06. The predicted molar refractivity (Wildman–Crippen MR) is 93.8 cm³/mol. The summed E-state index contributed by atoms with van der Waals surface area (Å²) in [5.74, 6) is 0.646. The van der Waals surface area contributed by atoms with E-state index in [0.29, 0.717) is 19.0 Å². The number of hydrogen-bond acceptors (Lipinski definition) is 5. The molecule has 3 heterocycles. The number of amides is 1. The number of nitrogens with zero attached hydrogens (tertiary/aromatic N) is 1. The van der Waals surface area contributed by atoms with E-state index in [9.17, 15) is 4.79 Å². The van der Waals surface area contributed by atoms with Gasteiger partial charge >= 0.3 is 0 Å². The molecule has 0 saturated carbocycles. The highest BCUT2D eigenvalue weighted by Gasteiger charge is 2.29. The van der Waals surface area contributed by atoms with Gasteiger partial charge in [0.2, 0.25) is 0 Å². The second-order valence-corrected chi connectivity index (χ2v) is 6.89. The Kier molecular flexibility index (Phi) is 5.48. The van der Waals surface area contributed by atoms with Crippen LogP contribution in [0.3, 0.4) is 0 Å². The number of aromatic nitrogens is 1. The number of thiophene rings is 1. The van der Waals surface area contributed by atoms with Gasteiger partial charge in [-0.05, 0) is 38.0 Å². The average Bonchev–Trinajstić information content (AvgIpc) is 3.08. The number of pyridine rings is 1. The van der Waals surface area contributed by atoms with Gasteiger partial charge in [0.15, 0.2) is 0 Å². The van der Waals surface area contributed by atoms with Crippen molar-refractivity contribution in [3.8, 4) is 5.75 Å². The van der Waals surface area contributed by atoms with Gasteiger partial charge in [0.25, 0.3) is 5.91 Å². The molecule has 0 radical (unpaired) electrons. The van der Waals surface area contributed by atoms with Gasteiger partial charge < -0.3 is 14.8 Å². The molecule has 5 nitrogen and oxygen atoms in total. The molecule has 1 fully saturated rings. The summed E-state index contributed by atoms with van der Waals surface area (Å²) < 4.78 is 11.5. The minimum Gasteiger partial charge on any atom is -0.484 e. The minimum absolute atomic E-state index is 0.0477. The van der Waals surface area contributed by atoms with Crippen molar-refractivity contribution in [2.24, 2.45) is 0 Å². The number of aryl methyl sites for hydroxylation is 2. The molecular weight excluding hydrogens is 324 g/mol. The lowest BCUT2D eigenvalue weighted by atomic mass is 10.1. The van der Waals surface area contributed by atoms with Crippen LogP contribution in [0.2, 0.25) is 0 Å². The molecule has 128 valence electrons. The van der Waals surface area contributed by atoms with Crippen LogP contribution in [0.25, 0.3) is 0 Å². The van der Waals surface area contributed by atoms with E-state index in [1.807, 2.05) is 30.5 Å². The number of nitrogens with one attached hydrogen (secondary N) is 1. The molecule has 0 bridgehead atoms. The number of hydrogen-bond donors (Lipinski definition) is 1. The smallest absolute Gasteiger partial charge is 0.252 e. The van der Waals surface area contributed by atoms with Gasteiger partial charge in [0.1, 0.15) is 11.9 Å². The van der Waals surface area contributed by atoms with Crippen LogP contribution >= 0.6 is 11.3 Å². The molecule has 0 aromatic carbocycles. The van der Waals surface area contributed by atoms with Gasteiger partial charge in [-0.25, -0.2) is 0 Å². The molecule has 1 N–H and O–H groups in total. The third-order valence-corrected chi connectivity index (χ3v) is 5.14. The fraction of sp³-hybridized carbons (Fsp3) is 0.444. The second-order valence-electron chi connectivity index (χ2n) is 5.89. The van der Waals surface area contributed by atoms with Crippen LogP contribution in [-0.2, 0) is 11.2 Å². The minimum atomic E-state index is -0.212. The third kappa shape index (κ3) is 4.13. The maximum atomic E-state index is 12.5. The normalized spacial score (nSPS) is 20.6. The molecule has 0 unspecified atom stereocenters. The van der Waals surface area contributed by atoms with Crippen molar-refractivity contribution in [1.82, 2.24) is 10.3 Å². The van der Waals surface area contributed by atoms with Crippen molar-refractivity contribution in [2.75, 3.05) is 13.2 Å². The first-order valence-electron chi connectivity index (χ1n) is 8.21. The van der Waals surface area contributed by atoms with E-state index in [2.05, 4.69) is 17.2 Å². The first kappa shape index (κ1) is 16.9. The van der Waals surface area contributed by atoms with E-state index < -0.39 is 0 Å². The Bertz CT molecular complexity index is 684. The molecule has 1 saturated heterocycles. The van der Waals surface area contributed by atoms with E-state index in [4.69, 9.17) is 9.47 Å². The van der Waals surface area contributed by atoms with Gasteiger partial charge in [-0.1, -0.05) is 6.92 Å². The molecule has 3 rings (SSSR count). The summed E-state index contributed by atoms with van der Waals surface area (Å²) in [7, 11) is 0. The summed E-state index contributed by atoms with van der Waals surface area (Å²) in [5.41, 5.74) is 1.66. The summed E-state index contributed by atoms with van der Waals surface area (Å²) in [6, 6.07) is 5.68. The lowest BCUT2D eigenvalue weighted by molar-refractivity contribution is -0.0136. The van der Waals surface area contributed by atoms with Gasteiger partial charge in [-0.15, -0.1) is 11.3 Å². The van der Waals surface area contributed by atoms with Crippen molar-refractivity contribution >= 4 is 17.2 Å². The Hall–Kier alpha value is -1.92. The lowest BCUT2D eigenvalue weighted by Crippen LogP contribution is -2.51. The molecule has 24 heavy (non-hydrogen) atoms. The summed E-state index contributed by atoms with van der Waals surface area (Å²) in [5, 5.41) is 5.01. The molecule has 2 aromatic heterocycles. The first-order valence-corrected chi connectivity index (χ1v) is 9.09. The van der Waals surface area contributed by atoms with Crippen LogP contribution in [0.15, 0.2) is 29.8 Å². The fourth-order valence-electron chi connectivity index (χ4n) is 2.63. The van der Waals surface area contributed by atoms with E-state index >= 15 is 0 Å². The van der Waals surface area contributed by atoms with Crippen LogP contribution in [0.4, 0.5) is 0 Å². The second kappa shape index (κ2) is 7.77. The van der Waals surface area contributed by atoms with Crippen molar-refractivity contribution < 1.29 is 14.3 Å². The summed E-state index contributed by atoms with van der Waals surface area (Å²) in [6.45, 7) is 5.11. The molecule has 0 spiro atoms. The number of rotatable bonds is 5. The van der Waals surface area contributed by atoms with Crippen molar-refractivity contribution in [2.45, 2.75) is 38.8 Å². The molecule has 1 aliphatic heterocycles. The number of carbonyl (C=O) groups is 1. The Morgan fingerprint density at radius 2 is 2.38 bits per heavy atom. The van der Waals surface area contributed by atoms with Crippen LogP contribution in [0.5, 0.6) is 5.75 Å². The Labute approximate surface area is 146 Å². The standard InChI is InChI=1S/C18H22N2O3S/c1-3-15-8-13(11-24-15)18(21)20-16-6-7-22-10-17(16)23-14-5-4-12(2)19-9-14/h4-5,8-9,11,16-17H,3,6-7,10H2,1-2H3,(H,20,21)/t16-,17+/m1/s1. The van der Waals surface area contributed by atoms with Gasteiger partial charge in [-0.2, -0.15) is 0 Å². The highest BCUT2D eigenvalue weighted by molar-refractivity contribution is 7.10. The highest BCUT2D eigenvalue weighted by Crippen LogP contribution is 2.19. The molecule has 0 aliphatic carbocycles. The SMILES string of the molecule is CCc1cc(C(=O)N[C@@H]2CCOC[C@@H]2Oc2ccc(C)nc2)cs1. The Balaban J connectivity index is 1.65. The zero-order valence-electron chi connectivity index (χ0n) is 14.0. The number of carbonyl (C=O) groups excluding carboxylic acids is 1. The summed E-state index contributed by atoms with van der Waals surface area (Å²) in [4.78, 5) is 17.9. The van der Waals surface area contributed by atoms with Crippen LogP contribution < -0.4 is 10.1 Å². The van der Waals surface area contributed by atoms with Crippen molar-refractivity contribution in [3.05, 3.63) is 45.9 Å². The fourth-order valence-corrected chi connectivity index (χ4v) is 3.44. The zero-order valence-corrected chi connectivity index (χ0v) is 14.8. The van der Waals surface area contributed by atoms with Crippen molar-refractivity contribution in [1.29, 1.82) is 0 Å². The van der Waals surface area contributed by atoms with Gasteiger partial charge in [0, 0.05) is 22.6 Å². The molecule has 1 aliphatic rings. The predicted octanol–water partition coefficient (Wildman–Crippen LogP) is 2.98. The first-order chi connectivity index (χ1) is 11.7. The maximum Gasteiger partial charge on any atom is 0.252 e. The van der Waals surface area contributed by atoms with Gasteiger partial charge in [-0.3, -0.25) is 9.78 Å². The molecule has 1 amide bonds. The number of ether oxygens (including phenoxy) is 2. The molecular formula is C18H22N2O3S. The van der Waals surface area contributed by atoms with Gasteiger partial charge in [0.05, 0.1) is 24.4 Å². The topological polar surface area (TPSA) is 60.5 Å². The van der Waals surface area contributed by atoms with E-state index in [1.54, 1.807) is 17.5 Å². The molecule has 6 heteroatoms. The van der Waals surface area contributed by atoms with E-state index in [0.717, 1.165) is 24.1 Å². The maximum absolute atomic E-state index is 12.5. The lowest BCUT2D eigenvalue weighted by Gasteiger charge is -2.32. The molecule has 2 aromatic rings. The largest absolute Gasteiger partial charge is 0.484 e. The highest BCUT2D eigenvalue weighted by atomic mass is 32.1. The molecule has 2 atom stereocenters. The summed E-state index contributed by atoms with van der Waals surface area (Å²) in [6.07, 6.45) is 3.17. The van der Waals surface area contributed by atoms with Crippen molar-refractivity contribution in [3.63, 3.8) is 0 Å².